The smallest absolute Gasteiger partial charge is 0.237 e. The van der Waals surface area contributed by atoms with Gasteiger partial charge in [0.25, 0.3) is 0 Å². The number of hydrogen-bond donors (Lipinski definition) is 2. The molecule has 2 heterocycles. The van der Waals surface area contributed by atoms with Gasteiger partial charge in [-0.05, 0) is 65.1 Å². The van der Waals surface area contributed by atoms with Crippen LogP contribution in [0.5, 0.6) is 0 Å². The first-order valence-corrected chi connectivity index (χ1v) is 8.61. The molecule has 5 heteroatoms. The molecule has 0 aromatic heterocycles. The highest BCUT2D eigenvalue weighted by molar-refractivity contribution is 5.84. The summed E-state index contributed by atoms with van der Waals surface area (Å²) in [6.07, 6.45) is 7.20. The van der Waals surface area contributed by atoms with Gasteiger partial charge in [-0.2, -0.15) is 0 Å². The minimum atomic E-state index is -0.535. The van der Waals surface area contributed by atoms with E-state index in [9.17, 15) is 4.79 Å². The Kier molecular flexibility index (Phi) is 4.52. The van der Waals surface area contributed by atoms with E-state index in [0.717, 1.165) is 25.6 Å². The topological polar surface area (TPSA) is 61.6 Å². The summed E-state index contributed by atoms with van der Waals surface area (Å²) in [6, 6.07) is 1.25. The molecule has 1 saturated carbocycles. The fraction of sp³-hybridized carbons (Fsp3) is 0.938. The molecule has 0 radical (unpaired) electrons. The SMILES string of the molecule is CC(CCN1CCC(N2CCCC2)C1)(NC1CC1)C(N)=O. The monoisotopic (exact) mass is 294 g/mol. The van der Waals surface area contributed by atoms with E-state index in [1.54, 1.807) is 0 Å². The van der Waals surface area contributed by atoms with Crippen LogP contribution in [-0.4, -0.2) is 66.1 Å². The normalized spacial score (nSPS) is 30.6. The van der Waals surface area contributed by atoms with Crippen molar-refractivity contribution in [3.8, 4) is 0 Å². The number of amides is 1. The molecule has 1 amide bonds. The predicted molar refractivity (Wildman–Crippen MR) is 84.0 cm³/mol. The highest BCUT2D eigenvalue weighted by atomic mass is 16.1. The van der Waals surface area contributed by atoms with E-state index in [1.807, 2.05) is 6.92 Å². The van der Waals surface area contributed by atoms with Crippen LogP contribution < -0.4 is 11.1 Å². The van der Waals surface area contributed by atoms with Gasteiger partial charge in [0.15, 0.2) is 0 Å². The van der Waals surface area contributed by atoms with Crippen molar-refractivity contribution >= 4 is 5.91 Å². The van der Waals surface area contributed by atoms with Crippen molar-refractivity contribution < 1.29 is 4.79 Å². The quantitative estimate of drug-likeness (QED) is 0.719. The number of primary amides is 1. The first-order chi connectivity index (χ1) is 10.1. The zero-order valence-corrected chi connectivity index (χ0v) is 13.3. The number of carbonyl (C=O) groups is 1. The van der Waals surface area contributed by atoms with E-state index in [0.29, 0.717) is 6.04 Å². The third-order valence-corrected chi connectivity index (χ3v) is 5.48. The number of nitrogens with two attached hydrogens (primary N) is 1. The van der Waals surface area contributed by atoms with Gasteiger partial charge < -0.3 is 16.0 Å². The Labute approximate surface area is 128 Å². The fourth-order valence-corrected chi connectivity index (χ4v) is 3.75. The number of carbonyl (C=O) groups excluding carboxylic acids is 1. The summed E-state index contributed by atoms with van der Waals surface area (Å²) in [5.41, 5.74) is 5.10. The van der Waals surface area contributed by atoms with Gasteiger partial charge in [-0.3, -0.25) is 9.69 Å². The number of nitrogens with zero attached hydrogens (tertiary/aromatic N) is 2. The summed E-state index contributed by atoms with van der Waals surface area (Å²) in [5, 5.41) is 3.45. The van der Waals surface area contributed by atoms with Gasteiger partial charge in [-0.1, -0.05) is 0 Å². The van der Waals surface area contributed by atoms with Crippen LogP contribution in [0.2, 0.25) is 0 Å². The average molecular weight is 294 g/mol. The number of rotatable bonds is 7. The van der Waals surface area contributed by atoms with Crippen LogP contribution in [0.1, 0.15) is 45.4 Å². The zero-order chi connectivity index (χ0) is 14.9. The van der Waals surface area contributed by atoms with Gasteiger partial charge in [-0.15, -0.1) is 0 Å². The lowest BCUT2D eigenvalue weighted by Crippen LogP contribution is -2.55. The minimum absolute atomic E-state index is 0.204. The molecule has 0 aromatic rings. The molecular weight excluding hydrogens is 264 g/mol. The van der Waals surface area contributed by atoms with Gasteiger partial charge in [0.2, 0.25) is 5.91 Å². The van der Waals surface area contributed by atoms with Crippen LogP contribution in [-0.2, 0) is 4.79 Å². The Bertz CT molecular complexity index is 378. The van der Waals surface area contributed by atoms with Crippen molar-refractivity contribution in [1.29, 1.82) is 0 Å². The Hall–Kier alpha value is -0.650. The molecule has 3 rings (SSSR count). The second kappa shape index (κ2) is 6.23. The first-order valence-electron chi connectivity index (χ1n) is 8.61. The van der Waals surface area contributed by atoms with E-state index in [2.05, 4.69) is 15.1 Å². The summed E-state index contributed by atoms with van der Waals surface area (Å²) in [5.74, 6) is -0.204. The third kappa shape index (κ3) is 3.76. The summed E-state index contributed by atoms with van der Waals surface area (Å²) in [6.45, 7) is 7.84. The summed E-state index contributed by atoms with van der Waals surface area (Å²) >= 11 is 0. The molecule has 3 aliphatic rings. The van der Waals surface area contributed by atoms with Gasteiger partial charge in [-0.25, -0.2) is 0 Å². The number of nitrogens with one attached hydrogen (secondary N) is 1. The second-order valence-corrected chi connectivity index (χ2v) is 7.35. The largest absolute Gasteiger partial charge is 0.368 e. The van der Waals surface area contributed by atoms with Crippen LogP contribution in [0.3, 0.4) is 0 Å². The molecule has 5 nitrogen and oxygen atoms in total. The van der Waals surface area contributed by atoms with Crippen molar-refractivity contribution in [2.45, 2.75) is 63.1 Å². The molecule has 3 N–H and O–H groups in total. The van der Waals surface area contributed by atoms with Crippen LogP contribution in [0, 0.1) is 0 Å². The maximum Gasteiger partial charge on any atom is 0.237 e. The molecule has 2 saturated heterocycles. The van der Waals surface area contributed by atoms with E-state index in [1.165, 1.54) is 51.7 Å². The van der Waals surface area contributed by atoms with E-state index >= 15 is 0 Å². The predicted octanol–water partition coefficient (Wildman–Crippen LogP) is 0.543. The lowest BCUT2D eigenvalue weighted by molar-refractivity contribution is -0.124. The molecule has 120 valence electrons. The number of hydrogen-bond acceptors (Lipinski definition) is 4. The lowest BCUT2D eigenvalue weighted by Gasteiger charge is -2.30. The van der Waals surface area contributed by atoms with Crippen LogP contribution in [0.4, 0.5) is 0 Å². The number of likely N-dealkylation sites (tertiary alicyclic amines) is 2. The maximum atomic E-state index is 11.8. The molecule has 21 heavy (non-hydrogen) atoms. The van der Waals surface area contributed by atoms with Gasteiger partial charge >= 0.3 is 0 Å². The fourth-order valence-electron chi connectivity index (χ4n) is 3.75. The molecule has 3 fully saturated rings. The van der Waals surface area contributed by atoms with Crippen LogP contribution >= 0.6 is 0 Å². The second-order valence-electron chi connectivity index (χ2n) is 7.35. The van der Waals surface area contributed by atoms with Crippen molar-refractivity contribution in [2.24, 2.45) is 5.73 Å². The third-order valence-electron chi connectivity index (χ3n) is 5.48. The molecular formula is C16H30N4O. The van der Waals surface area contributed by atoms with E-state index < -0.39 is 5.54 Å². The molecule has 1 aliphatic carbocycles. The Morgan fingerprint density at radius 1 is 1.24 bits per heavy atom. The first kappa shape index (κ1) is 15.3. The van der Waals surface area contributed by atoms with Crippen molar-refractivity contribution in [1.82, 2.24) is 15.1 Å². The van der Waals surface area contributed by atoms with Gasteiger partial charge in [0.1, 0.15) is 0 Å². The maximum absolute atomic E-state index is 11.8. The van der Waals surface area contributed by atoms with Crippen molar-refractivity contribution in [2.75, 3.05) is 32.7 Å². The Balaban J connectivity index is 1.46. The molecule has 0 spiro atoms. The van der Waals surface area contributed by atoms with E-state index in [4.69, 9.17) is 5.73 Å². The summed E-state index contributed by atoms with van der Waals surface area (Å²) < 4.78 is 0. The average Bonchev–Trinajstić information content (AvgIpc) is 2.97. The lowest BCUT2D eigenvalue weighted by atomic mass is 9.96. The minimum Gasteiger partial charge on any atom is -0.368 e. The molecule has 0 aromatic carbocycles. The van der Waals surface area contributed by atoms with Gasteiger partial charge in [0.05, 0.1) is 5.54 Å². The highest BCUT2D eigenvalue weighted by Gasteiger charge is 2.38. The van der Waals surface area contributed by atoms with Gasteiger partial charge in [0, 0.05) is 25.2 Å². The molecule has 2 atom stereocenters. The van der Waals surface area contributed by atoms with Crippen molar-refractivity contribution in [3.05, 3.63) is 0 Å². The highest BCUT2D eigenvalue weighted by Crippen LogP contribution is 2.25. The Morgan fingerprint density at radius 3 is 2.57 bits per heavy atom. The molecule has 2 aliphatic heterocycles. The molecule has 2 unspecified atom stereocenters. The van der Waals surface area contributed by atoms with Crippen LogP contribution in [0.15, 0.2) is 0 Å². The summed E-state index contributed by atoms with van der Waals surface area (Å²) in [4.78, 5) is 17.0. The van der Waals surface area contributed by atoms with Crippen molar-refractivity contribution in [3.63, 3.8) is 0 Å². The molecule has 0 bridgehead atoms. The standard InChI is InChI=1S/C16H30N4O/c1-16(15(17)21,18-13-4-5-13)7-11-19-10-6-14(12-19)20-8-2-3-9-20/h13-14,18H,2-12H2,1H3,(H2,17,21). The summed E-state index contributed by atoms with van der Waals surface area (Å²) in [7, 11) is 0. The van der Waals surface area contributed by atoms with E-state index in [-0.39, 0.29) is 5.91 Å². The zero-order valence-electron chi connectivity index (χ0n) is 13.3. The van der Waals surface area contributed by atoms with Crippen LogP contribution in [0.25, 0.3) is 0 Å². The Morgan fingerprint density at radius 2 is 1.95 bits per heavy atom.